The van der Waals surface area contributed by atoms with Gasteiger partial charge in [-0.1, -0.05) is 190 Å². The number of aromatic nitrogens is 5. The van der Waals surface area contributed by atoms with E-state index in [9.17, 15) is 0 Å². The number of rotatable bonds is 10. The van der Waals surface area contributed by atoms with E-state index in [0.29, 0.717) is 35.0 Å². The lowest BCUT2D eigenvalue weighted by molar-refractivity contribution is 0.476. The maximum Gasteiger partial charge on any atom is 0.240 e. The molecular formula is C70H50N8O. The van der Waals surface area contributed by atoms with Crippen LogP contribution in [-0.4, -0.2) is 24.9 Å². The Labute approximate surface area is 459 Å². The van der Waals surface area contributed by atoms with Gasteiger partial charge in [0.15, 0.2) is 23.1 Å². The molecule has 0 spiro atoms. The van der Waals surface area contributed by atoms with E-state index in [1.165, 1.54) is 16.8 Å². The Hall–Kier alpha value is -10.5. The summed E-state index contributed by atoms with van der Waals surface area (Å²) in [5, 5.41) is 0. The number of hydrogen-bond donors (Lipinski definition) is 0. The van der Waals surface area contributed by atoms with E-state index in [1.54, 1.807) is 0 Å². The second kappa shape index (κ2) is 19.6. The van der Waals surface area contributed by atoms with Crippen molar-refractivity contribution in [1.82, 2.24) is 24.9 Å². The Balaban J connectivity index is 0.891. The van der Waals surface area contributed by atoms with Crippen molar-refractivity contribution in [3.63, 3.8) is 0 Å². The first kappa shape index (κ1) is 47.0. The fourth-order valence-electron chi connectivity index (χ4n) is 11.0. The van der Waals surface area contributed by atoms with Crippen molar-refractivity contribution in [2.75, 3.05) is 14.7 Å². The molecule has 0 unspecified atom stereocenters. The van der Waals surface area contributed by atoms with Gasteiger partial charge in [0.2, 0.25) is 11.9 Å². The highest BCUT2D eigenvalue weighted by Gasteiger charge is 2.37. The fourth-order valence-corrected chi connectivity index (χ4v) is 11.0. The number of hydrogen-bond acceptors (Lipinski definition) is 9. The Bertz CT molecular complexity index is 4140. The summed E-state index contributed by atoms with van der Waals surface area (Å²) in [4.78, 5) is 33.1. The molecule has 2 aromatic heterocycles. The summed E-state index contributed by atoms with van der Waals surface area (Å²) in [5.41, 5.74) is 16.5. The molecule has 12 aromatic rings. The lowest BCUT2D eigenvalue weighted by Gasteiger charge is -2.42. The maximum atomic E-state index is 6.45. The molecule has 0 saturated heterocycles. The number of benzene rings is 10. The van der Waals surface area contributed by atoms with E-state index < -0.39 is 0 Å². The van der Waals surface area contributed by atoms with Crippen molar-refractivity contribution in [2.45, 2.75) is 19.3 Å². The van der Waals surface area contributed by atoms with Crippen LogP contribution in [-0.2, 0) is 5.41 Å². The van der Waals surface area contributed by atoms with Crippen LogP contribution in [0.15, 0.2) is 267 Å². The predicted molar refractivity (Wildman–Crippen MR) is 319 cm³/mol. The smallest absolute Gasteiger partial charge is 0.240 e. The van der Waals surface area contributed by atoms with Gasteiger partial charge in [-0.05, 0) is 113 Å². The minimum atomic E-state index is -0.237. The minimum absolute atomic E-state index is 0.237. The van der Waals surface area contributed by atoms with Crippen LogP contribution in [0.25, 0.3) is 56.4 Å². The Morgan fingerprint density at radius 1 is 0.342 bits per heavy atom. The van der Waals surface area contributed by atoms with Gasteiger partial charge in [0.05, 0.1) is 34.1 Å². The first-order valence-corrected chi connectivity index (χ1v) is 26.5. The molecule has 0 atom stereocenters. The molecule has 0 N–H and O–H groups in total. The van der Waals surface area contributed by atoms with Gasteiger partial charge in [0.1, 0.15) is 0 Å². The monoisotopic (exact) mass is 1020 g/mol. The molecule has 0 bridgehead atoms. The summed E-state index contributed by atoms with van der Waals surface area (Å²) in [5.74, 6) is 3.47. The standard InChI is InChI=1S/C70H50N8O/c1-70(2)56-35-15-16-36-60(56)77(55-33-13-6-14-34-55)63-45-51(41-42-57(63)70)59-46-58(71-66(72-59)47-23-7-3-8-24-47)50-27-21-25-48(43-50)49-26-22-28-52(44-49)67-73-68(76(53-29-9-4-10-30-53)54-31-11-5-12-32-54)75-69(74-67)78-61-37-17-19-39-64(61)79-65-40-20-18-38-62(65)78/h3-46H,1-2H3. The molecule has 376 valence electrons. The number of ether oxygens (including phenoxy) is 1. The number of para-hydroxylation sites is 8. The van der Waals surface area contributed by atoms with Crippen LogP contribution in [0, 0.1) is 0 Å². The van der Waals surface area contributed by atoms with Crippen LogP contribution in [0.2, 0.25) is 0 Å². The van der Waals surface area contributed by atoms with E-state index in [-0.39, 0.29) is 5.41 Å². The van der Waals surface area contributed by atoms with E-state index in [4.69, 9.17) is 29.7 Å². The largest absolute Gasteiger partial charge is 0.453 e. The van der Waals surface area contributed by atoms with Gasteiger partial charge < -0.3 is 9.64 Å². The number of nitrogens with zero attached hydrogens (tertiary/aromatic N) is 8. The van der Waals surface area contributed by atoms with E-state index >= 15 is 0 Å². The number of fused-ring (bicyclic) bond motifs is 4. The summed E-state index contributed by atoms with van der Waals surface area (Å²) in [6.45, 7) is 4.64. The quantitative estimate of drug-likeness (QED) is 0.133. The summed E-state index contributed by atoms with van der Waals surface area (Å²) in [6.07, 6.45) is 0. The summed E-state index contributed by atoms with van der Waals surface area (Å²) in [6, 6.07) is 91.9. The van der Waals surface area contributed by atoms with Crippen molar-refractivity contribution in [2.24, 2.45) is 0 Å². The van der Waals surface area contributed by atoms with Crippen molar-refractivity contribution in [3.8, 4) is 67.9 Å². The van der Waals surface area contributed by atoms with Gasteiger partial charge in [-0.2, -0.15) is 15.0 Å². The zero-order chi connectivity index (χ0) is 52.9. The molecule has 0 radical (unpaired) electrons. The Morgan fingerprint density at radius 2 is 0.823 bits per heavy atom. The summed E-state index contributed by atoms with van der Waals surface area (Å²) >= 11 is 0. The van der Waals surface area contributed by atoms with Gasteiger partial charge in [0.25, 0.3) is 0 Å². The molecule has 0 saturated carbocycles. The molecule has 0 fully saturated rings. The predicted octanol–water partition coefficient (Wildman–Crippen LogP) is 18.2. The van der Waals surface area contributed by atoms with Crippen molar-refractivity contribution in [1.29, 1.82) is 0 Å². The van der Waals surface area contributed by atoms with Gasteiger partial charge in [0, 0.05) is 44.7 Å². The van der Waals surface area contributed by atoms with Crippen LogP contribution < -0.4 is 19.4 Å². The van der Waals surface area contributed by atoms with E-state index in [0.717, 1.165) is 78.9 Å². The Morgan fingerprint density at radius 3 is 1.47 bits per heavy atom. The molecule has 79 heavy (non-hydrogen) atoms. The highest BCUT2D eigenvalue weighted by molar-refractivity contribution is 5.89. The first-order valence-electron chi connectivity index (χ1n) is 26.5. The molecule has 9 nitrogen and oxygen atoms in total. The van der Waals surface area contributed by atoms with Crippen LogP contribution in [0.1, 0.15) is 25.0 Å². The normalized spacial score (nSPS) is 12.8. The molecule has 0 amide bonds. The van der Waals surface area contributed by atoms with Crippen LogP contribution in [0.4, 0.5) is 51.7 Å². The molecular weight excluding hydrogens is 969 g/mol. The Kier molecular flexibility index (Phi) is 11.6. The van der Waals surface area contributed by atoms with E-state index in [2.05, 4.69) is 192 Å². The van der Waals surface area contributed by atoms with Crippen LogP contribution in [0.5, 0.6) is 11.5 Å². The van der Waals surface area contributed by atoms with Gasteiger partial charge in [-0.3, -0.25) is 9.80 Å². The second-order valence-corrected chi connectivity index (χ2v) is 20.2. The van der Waals surface area contributed by atoms with Gasteiger partial charge in [-0.25, -0.2) is 9.97 Å². The second-order valence-electron chi connectivity index (χ2n) is 20.2. The van der Waals surface area contributed by atoms with Crippen LogP contribution >= 0.6 is 0 Å². The molecule has 9 heteroatoms. The third-order valence-electron chi connectivity index (χ3n) is 14.9. The van der Waals surface area contributed by atoms with Gasteiger partial charge in [-0.15, -0.1) is 0 Å². The fraction of sp³-hybridized carbons (Fsp3) is 0.0429. The topological polar surface area (TPSA) is 83.4 Å². The molecule has 0 aliphatic carbocycles. The van der Waals surface area contributed by atoms with E-state index in [1.807, 2.05) is 103 Å². The SMILES string of the molecule is CC1(C)c2ccccc2N(c2ccccc2)c2cc(-c3cc(-c4cccc(-c5cccc(-c6nc(N(c7ccccc7)c7ccccc7)nc(N7c8ccccc8Oc8ccccc87)n6)c5)c4)nc(-c4ccccc4)n3)ccc21. The van der Waals surface area contributed by atoms with Crippen LogP contribution in [0.3, 0.4) is 0 Å². The highest BCUT2D eigenvalue weighted by Crippen LogP contribution is 2.53. The maximum absolute atomic E-state index is 6.45. The van der Waals surface area contributed by atoms with Crippen molar-refractivity contribution in [3.05, 3.63) is 278 Å². The van der Waals surface area contributed by atoms with Crippen molar-refractivity contribution < 1.29 is 4.74 Å². The molecule has 10 aromatic carbocycles. The molecule has 2 aliphatic heterocycles. The zero-order valence-corrected chi connectivity index (χ0v) is 43.4. The van der Waals surface area contributed by atoms with Crippen molar-refractivity contribution >= 4 is 51.7 Å². The third-order valence-corrected chi connectivity index (χ3v) is 14.9. The zero-order valence-electron chi connectivity index (χ0n) is 43.4. The highest BCUT2D eigenvalue weighted by atomic mass is 16.5. The lowest BCUT2D eigenvalue weighted by Crippen LogP contribution is -2.30. The summed E-state index contributed by atoms with van der Waals surface area (Å²) < 4.78 is 6.45. The molecule has 4 heterocycles. The molecule has 2 aliphatic rings. The average molecular weight is 1020 g/mol. The van der Waals surface area contributed by atoms with Gasteiger partial charge >= 0.3 is 0 Å². The lowest BCUT2D eigenvalue weighted by atomic mass is 9.73. The average Bonchev–Trinajstić information content (AvgIpc) is 3.70. The molecule has 14 rings (SSSR count). The summed E-state index contributed by atoms with van der Waals surface area (Å²) in [7, 11) is 0. The first-order chi connectivity index (χ1) is 38.9. The minimum Gasteiger partial charge on any atom is -0.453 e. The third kappa shape index (κ3) is 8.60. The number of anilines is 9.